The van der Waals surface area contributed by atoms with Crippen LogP contribution in [-0.4, -0.2) is 32.0 Å². The van der Waals surface area contributed by atoms with Crippen LogP contribution in [0.5, 0.6) is 5.75 Å². The number of aromatic nitrogens is 1. The van der Waals surface area contributed by atoms with E-state index in [1.54, 1.807) is 31.2 Å². The van der Waals surface area contributed by atoms with E-state index >= 15 is 0 Å². The van der Waals surface area contributed by atoms with Crippen LogP contribution in [0.2, 0.25) is 0 Å². The molecule has 0 spiro atoms. The summed E-state index contributed by atoms with van der Waals surface area (Å²) in [6.45, 7) is 2.09. The molecule has 0 radical (unpaired) electrons. The number of benzene rings is 1. The highest BCUT2D eigenvalue weighted by Crippen LogP contribution is 2.36. The van der Waals surface area contributed by atoms with Crippen LogP contribution in [0, 0.1) is 0 Å². The average molecular weight is 345 g/mol. The van der Waals surface area contributed by atoms with Gasteiger partial charge in [0.25, 0.3) is 10.0 Å². The molecule has 0 fully saturated rings. The van der Waals surface area contributed by atoms with Gasteiger partial charge in [0.1, 0.15) is 11.8 Å². The van der Waals surface area contributed by atoms with Gasteiger partial charge in [0, 0.05) is 12.6 Å². The Morgan fingerprint density at radius 2 is 2.17 bits per heavy atom. The first-order chi connectivity index (χ1) is 11.5. The lowest BCUT2D eigenvalue weighted by molar-refractivity contribution is -0.117. The topological polar surface area (TPSA) is 88.6 Å². The number of carbonyl (C=O) groups excluding carboxylic acids is 1. The van der Waals surface area contributed by atoms with E-state index in [1.807, 2.05) is 0 Å². The monoisotopic (exact) mass is 345 g/mol. The number of fused-ring (bicyclic) bond motifs is 2. The molecule has 0 aliphatic carbocycles. The van der Waals surface area contributed by atoms with Crippen LogP contribution in [0.4, 0.5) is 11.5 Å². The fourth-order valence-corrected chi connectivity index (χ4v) is 4.60. The van der Waals surface area contributed by atoms with Gasteiger partial charge in [0.15, 0.2) is 5.82 Å². The Kier molecular flexibility index (Phi) is 3.24. The van der Waals surface area contributed by atoms with Crippen molar-refractivity contribution in [3.8, 4) is 5.75 Å². The van der Waals surface area contributed by atoms with Crippen LogP contribution >= 0.6 is 0 Å². The van der Waals surface area contributed by atoms with Gasteiger partial charge >= 0.3 is 0 Å². The third kappa shape index (κ3) is 2.14. The largest absolute Gasteiger partial charge is 0.493 e. The van der Waals surface area contributed by atoms with Crippen LogP contribution < -0.4 is 14.4 Å². The molecule has 24 heavy (non-hydrogen) atoms. The van der Waals surface area contributed by atoms with Gasteiger partial charge in [-0.3, -0.25) is 4.79 Å². The van der Waals surface area contributed by atoms with E-state index < -0.39 is 16.1 Å². The van der Waals surface area contributed by atoms with Crippen LogP contribution in [0.15, 0.2) is 41.4 Å². The summed E-state index contributed by atoms with van der Waals surface area (Å²) in [5.41, 5.74) is 1.24. The molecular weight excluding hydrogens is 330 g/mol. The standard InChI is InChI=1S/C16H15N3O4S/c1-10-16(20)18-13-3-2-7-17-15(13)19(10)24(21,22)12-4-5-14-11(9-12)6-8-23-14/h2-5,7,9-10H,6,8H2,1H3,(H,18,20). The maximum absolute atomic E-state index is 13.2. The molecule has 1 aromatic heterocycles. The van der Waals surface area contributed by atoms with E-state index in [-0.39, 0.29) is 16.6 Å². The lowest BCUT2D eigenvalue weighted by atomic mass is 10.2. The van der Waals surface area contributed by atoms with Gasteiger partial charge in [0.05, 0.1) is 17.2 Å². The smallest absolute Gasteiger partial charge is 0.266 e. The Balaban J connectivity index is 1.86. The van der Waals surface area contributed by atoms with Gasteiger partial charge in [-0.05, 0) is 42.8 Å². The van der Waals surface area contributed by atoms with Crippen LogP contribution in [0.1, 0.15) is 12.5 Å². The zero-order valence-electron chi connectivity index (χ0n) is 12.9. The number of carbonyl (C=O) groups is 1. The summed E-state index contributed by atoms with van der Waals surface area (Å²) in [7, 11) is -3.92. The molecule has 0 bridgehead atoms. The average Bonchev–Trinajstić information content (AvgIpc) is 3.03. The number of sulfonamides is 1. The number of anilines is 2. The quantitative estimate of drug-likeness (QED) is 0.892. The van der Waals surface area contributed by atoms with Gasteiger partial charge in [-0.15, -0.1) is 0 Å². The zero-order valence-corrected chi connectivity index (χ0v) is 13.7. The van der Waals surface area contributed by atoms with Gasteiger partial charge in [-0.2, -0.15) is 0 Å². The second kappa shape index (κ2) is 5.20. The third-order valence-electron chi connectivity index (χ3n) is 4.20. The summed E-state index contributed by atoms with van der Waals surface area (Å²) in [6, 6.07) is 7.16. The minimum Gasteiger partial charge on any atom is -0.493 e. The zero-order chi connectivity index (χ0) is 16.9. The fraction of sp³-hybridized carbons (Fsp3) is 0.250. The van der Waals surface area contributed by atoms with Crippen molar-refractivity contribution in [3.05, 3.63) is 42.1 Å². The molecule has 7 nitrogen and oxygen atoms in total. The summed E-state index contributed by atoms with van der Waals surface area (Å²) in [6.07, 6.45) is 2.17. The number of hydrogen-bond acceptors (Lipinski definition) is 5. The number of hydrogen-bond donors (Lipinski definition) is 1. The van der Waals surface area contributed by atoms with Crippen molar-refractivity contribution in [2.24, 2.45) is 0 Å². The van der Waals surface area contributed by atoms with Crippen molar-refractivity contribution in [3.63, 3.8) is 0 Å². The molecule has 4 rings (SSSR count). The van der Waals surface area contributed by atoms with E-state index in [4.69, 9.17) is 4.74 Å². The highest BCUT2D eigenvalue weighted by atomic mass is 32.2. The number of nitrogens with zero attached hydrogens (tertiary/aromatic N) is 2. The van der Waals surface area contributed by atoms with Crippen molar-refractivity contribution < 1.29 is 17.9 Å². The number of rotatable bonds is 2. The molecule has 1 amide bonds. The predicted molar refractivity (Wildman–Crippen MR) is 87.6 cm³/mol. The van der Waals surface area contributed by atoms with Gasteiger partial charge < -0.3 is 10.1 Å². The molecule has 0 saturated carbocycles. The number of ether oxygens (including phenoxy) is 1. The van der Waals surface area contributed by atoms with E-state index in [2.05, 4.69) is 10.3 Å². The van der Waals surface area contributed by atoms with E-state index in [0.29, 0.717) is 24.5 Å². The maximum Gasteiger partial charge on any atom is 0.266 e. The summed E-state index contributed by atoms with van der Waals surface area (Å²) in [5, 5.41) is 2.68. The highest BCUT2D eigenvalue weighted by Gasteiger charge is 2.39. The Morgan fingerprint density at radius 3 is 3.00 bits per heavy atom. The molecule has 1 aromatic carbocycles. The Bertz CT molecular complexity index is 942. The van der Waals surface area contributed by atoms with Crippen molar-refractivity contribution in [2.45, 2.75) is 24.3 Å². The summed E-state index contributed by atoms with van der Waals surface area (Å²) in [4.78, 5) is 16.5. The molecule has 3 heterocycles. The van der Waals surface area contributed by atoms with Crippen molar-refractivity contribution in [1.82, 2.24) is 4.98 Å². The summed E-state index contributed by atoms with van der Waals surface area (Å²) >= 11 is 0. The van der Waals surface area contributed by atoms with E-state index in [9.17, 15) is 13.2 Å². The van der Waals surface area contributed by atoms with Crippen LogP contribution in [-0.2, 0) is 21.2 Å². The van der Waals surface area contributed by atoms with Gasteiger partial charge in [-0.25, -0.2) is 17.7 Å². The summed E-state index contributed by atoms with van der Waals surface area (Å²) in [5.74, 6) is 0.543. The molecular formula is C16H15N3O4S. The van der Waals surface area contributed by atoms with E-state index in [0.717, 1.165) is 9.87 Å². The fourth-order valence-electron chi connectivity index (χ4n) is 2.96. The summed E-state index contributed by atoms with van der Waals surface area (Å²) < 4.78 is 32.8. The second-order valence-electron chi connectivity index (χ2n) is 5.71. The first-order valence-electron chi connectivity index (χ1n) is 7.54. The first kappa shape index (κ1) is 14.9. The molecule has 0 saturated heterocycles. The minimum atomic E-state index is -3.92. The third-order valence-corrected chi connectivity index (χ3v) is 6.06. The molecule has 8 heteroatoms. The predicted octanol–water partition coefficient (Wildman–Crippen LogP) is 1.55. The van der Waals surface area contributed by atoms with Gasteiger partial charge in [-0.1, -0.05) is 0 Å². The highest BCUT2D eigenvalue weighted by molar-refractivity contribution is 7.93. The maximum atomic E-state index is 13.2. The molecule has 1 atom stereocenters. The Labute approximate surface area is 139 Å². The number of amides is 1. The normalized spacial score (nSPS) is 19.3. The second-order valence-corrected chi connectivity index (χ2v) is 7.52. The van der Waals surface area contributed by atoms with Crippen molar-refractivity contribution in [1.29, 1.82) is 0 Å². The van der Waals surface area contributed by atoms with Crippen molar-refractivity contribution >= 4 is 27.4 Å². The minimum absolute atomic E-state index is 0.130. The van der Waals surface area contributed by atoms with Gasteiger partial charge in [0.2, 0.25) is 5.91 Å². The lowest BCUT2D eigenvalue weighted by Gasteiger charge is -2.33. The lowest BCUT2D eigenvalue weighted by Crippen LogP contribution is -2.49. The molecule has 1 unspecified atom stereocenters. The van der Waals surface area contributed by atoms with Crippen LogP contribution in [0.25, 0.3) is 0 Å². The first-order valence-corrected chi connectivity index (χ1v) is 8.98. The molecule has 2 aromatic rings. The Morgan fingerprint density at radius 1 is 1.33 bits per heavy atom. The molecule has 2 aliphatic rings. The van der Waals surface area contributed by atoms with E-state index in [1.165, 1.54) is 12.3 Å². The number of nitrogens with one attached hydrogen (secondary N) is 1. The number of pyridine rings is 1. The SMILES string of the molecule is CC1C(=O)Nc2cccnc2N1S(=O)(=O)c1ccc2c(c1)CCO2. The molecule has 124 valence electrons. The van der Waals surface area contributed by atoms with Crippen LogP contribution in [0.3, 0.4) is 0 Å². The molecule has 2 aliphatic heterocycles. The van der Waals surface area contributed by atoms with Crippen molar-refractivity contribution in [2.75, 3.05) is 16.2 Å². The molecule has 1 N–H and O–H groups in total. The Hall–Kier alpha value is -2.61.